The fraction of sp³-hybridized carbons (Fsp3) is 0.250. The van der Waals surface area contributed by atoms with E-state index in [9.17, 15) is 4.79 Å². The van der Waals surface area contributed by atoms with Crippen molar-refractivity contribution in [1.82, 2.24) is 5.43 Å². The van der Waals surface area contributed by atoms with Gasteiger partial charge in [-0.15, -0.1) is 6.58 Å². The summed E-state index contributed by atoms with van der Waals surface area (Å²) >= 11 is 0. The van der Waals surface area contributed by atoms with Crippen molar-refractivity contribution in [1.29, 1.82) is 0 Å². The zero-order valence-corrected chi connectivity index (χ0v) is 5.00. The van der Waals surface area contributed by atoms with Crippen LogP contribution in [-0.2, 0) is 4.79 Å². The Morgan fingerprint density at radius 2 is 2.44 bits per heavy atom. The van der Waals surface area contributed by atoms with E-state index in [0.717, 1.165) is 5.43 Å². The molecule has 0 saturated carbocycles. The summed E-state index contributed by atoms with van der Waals surface area (Å²) in [7, 11) is 0. The molecule has 1 unspecified atom stereocenters. The van der Waals surface area contributed by atoms with Gasteiger partial charge in [-0.3, -0.25) is 5.84 Å². The molecule has 0 bridgehead atoms. The second kappa shape index (κ2) is 4.16. The quantitative estimate of drug-likeness (QED) is 0.142. The van der Waals surface area contributed by atoms with Crippen LogP contribution >= 0.6 is 0 Å². The van der Waals surface area contributed by atoms with Crippen LogP contribution in [0, 0.1) is 0 Å². The second-order valence-corrected chi connectivity index (χ2v) is 1.45. The predicted molar refractivity (Wildman–Crippen MR) is 32.4 cm³/mol. The van der Waals surface area contributed by atoms with Crippen LogP contribution in [0.2, 0.25) is 0 Å². The maximum Gasteiger partial charge on any atom is 0.351 e. The van der Waals surface area contributed by atoms with Gasteiger partial charge in [-0.25, -0.2) is 15.6 Å². The van der Waals surface area contributed by atoms with E-state index in [1.54, 1.807) is 0 Å². The number of primary amides is 1. The van der Waals surface area contributed by atoms with Gasteiger partial charge in [-0.05, 0) is 0 Å². The van der Waals surface area contributed by atoms with E-state index in [1.807, 2.05) is 0 Å². The van der Waals surface area contributed by atoms with E-state index >= 15 is 0 Å². The molecule has 1 atom stereocenters. The minimum absolute atomic E-state index is 0.285. The van der Waals surface area contributed by atoms with Gasteiger partial charge in [0.2, 0.25) is 0 Å². The topological polar surface area (TPSA) is 97.7 Å². The van der Waals surface area contributed by atoms with Gasteiger partial charge in [0.15, 0.2) is 6.04 Å². The molecule has 9 heavy (non-hydrogen) atoms. The third-order valence-corrected chi connectivity index (χ3v) is 0.886. The number of quaternary nitrogens is 1. The Kier molecular flexibility index (Phi) is 3.81. The number of nitrogens with two attached hydrogens (primary N) is 3. The minimum atomic E-state index is -0.560. The number of rotatable bonds is 3. The summed E-state index contributed by atoms with van der Waals surface area (Å²) < 4.78 is 0. The van der Waals surface area contributed by atoms with Crippen molar-refractivity contribution in [2.24, 2.45) is 11.7 Å². The van der Waals surface area contributed by atoms with Crippen LogP contribution in [0.4, 0.5) is 0 Å². The first kappa shape index (κ1) is 8.25. The van der Waals surface area contributed by atoms with E-state index in [-0.39, 0.29) is 5.91 Å². The molecule has 5 heteroatoms. The Labute approximate surface area is 53.0 Å². The highest BCUT2D eigenvalue weighted by atomic mass is 16.2. The molecule has 0 aliphatic rings. The van der Waals surface area contributed by atoms with Gasteiger partial charge in [-0.2, -0.15) is 5.84 Å². The number of hydrogen-bond donors (Lipinski definition) is 4. The molecule has 0 fully saturated rings. The molecule has 0 heterocycles. The summed E-state index contributed by atoms with van der Waals surface area (Å²) in [5.41, 5.74) is 3.17. The van der Waals surface area contributed by atoms with E-state index in [4.69, 9.17) is 11.7 Å². The molecule has 0 aromatic heterocycles. The third kappa shape index (κ3) is 2.34. The van der Waals surface area contributed by atoms with E-state index in [0.29, 0.717) is 0 Å². The Hall–Kier alpha value is -0.750. The number of amides is 1. The van der Waals surface area contributed by atoms with Crippen LogP contribution in [0.15, 0.2) is 12.7 Å². The Morgan fingerprint density at radius 1 is 1.89 bits per heavy atom. The maximum atomic E-state index is 10.6. The lowest BCUT2D eigenvalue weighted by Gasteiger charge is -2.02. The molecule has 0 aromatic rings. The van der Waals surface area contributed by atoms with E-state index in [1.165, 1.54) is 6.08 Å². The van der Waals surface area contributed by atoms with Gasteiger partial charge in [-0.1, -0.05) is 6.08 Å². The SMILES string of the molecule is C=CC(NN)C(=O)[NH2+]N. The number of nitrogens with one attached hydrogen (secondary N) is 1. The fourth-order valence-corrected chi connectivity index (χ4v) is 0.370. The van der Waals surface area contributed by atoms with Gasteiger partial charge < -0.3 is 0 Å². The summed E-state index contributed by atoms with van der Waals surface area (Å²) in [5, 5.41) is 0. The van der Waals surface area contributed by atoms with Crippen LogP contribution in [0.1, 0.15) is 0 Å². The molecule has 7 N–H and O–H groups in total. The Balaban J connectivity index is 3.78. The summed E-state index contributed by atoms with van der Waals surface area (Å²) in [4.78, 5) is 10.6. The van der Waals surface area contributed by atoms with Crippen LogP contribution in [0.25, 0.3) is 0 Å². The van der Waals surface area contributed by atoms with Crippen molar-refractivity contribution in [2.45, 2.75) is 6.04 Å². The second-order valence-electron chi connectivity index (χ2n) is 1.45. The molecule has 0 radical (unpaired) electrons. The number of hydrazine groups is 1. The lowest BCUT2D eigenvalue weighted by atomic mass is 10.3. The molecule has 0 spiro atoms. The van der Waals surface area contributed by atoms with E-state index in [2.05, 4.69) is 12.0 Å². The molecule has 0 saturated heterocycles. The smallest absolute Gasteiger partial charge is 0.270 e. The first-order valence-corrected chi connectivity index (χ1v) is 2.43. The third-order valence-electron chi connectivity index (χ3n) is 0.886. The summed E-state index contributed by atoms with van der Waals surface area (Å²) in [5.74, 6) is 9.56. The number of hydrogen-bond acceptors (Lipinski definition) is 4. The highest BCUT2D eigenvalue weighted by molar-refractivity contribution is 5.73. The molecule has 5 nitrogen and oxygen atoms in total. The maximum absolute atomic E-state index is 10.6. The normalized spacial score (nSPS) is 12.7. The van der Waals surface area contributed by atoms with Crippen LogP contribution in [0.5, 0.6) is 0 Å². The molecule has 0 aromatic carbocycles. The monoisotopic (exact) mass is 131 g/mol. The zero-order chi connectivity index (χ0) is 7.28. The Morgan fingerprint density at radius 3 is 2.56 bits per heavy atom. The predicted octanol–water partition coefficient (Wildman–Crippen LogP) is -3.03. The lowest BCUT2D eigenvalue weighted by molar-refractivity contribution is -0.581. The lowest BCUT2D eigenvalue weighted by Crippen LogP contribution is -2.97. The zero-order valence-electron chi connectivity index (χ0n) is 5.00. The van der Waals surface area contributed by atoms with Gasteiger partial charge in [0.1, 0.15) is 0 Å². The highest BCUT2D eigenvalue weighted by Crippen LogP contribution is 1.75. The molecule has 0 aliphatic carbocycles. The molecule has 52 valence electrons. The van der Waals surface area contributed by atoms with Crippen molar-refractivity contribution < 1.29 is 10.2 Å². The Bertz CT molecular complexity index is 113. The van der Waals surface area contributed by atoms with Crippen molar-refractivity contribution in [3.8, 4) is 0 Å². The highest BCUT2D eigenvalue weighted by Gasteiger charge is 2.14. The molecule has 0 aliphatic heterocycles. The van der Waals surface area contributed by atoms with Crippen LogP contribution < -0.4 is 22.5 Å². The van der Waals surface area contributed by atoms with Gasteiger partial charge in [0.05, 0.1) is 0 Å². The van der Waals surface area contributed by atoms with Crippen molar-refractivity contribution in [3.63, 3.8) is 0 Å². The number of carbonyl (C=O) groups excluding carboxylic acids is 1. The van der Waals surface area contributed by atoms with Crippen LogP contribution in [-0.4, -0.2) is 11.9 Å². The summed E-state index contributed by atoms with van der Waals surface area (Å²) in [6.45, 7) is 3.36. The fourth-order valence-electron chi connectivity index (χ4n) is 0.370. The standard InChI is InChI=1S/C4H10N4O/c1-2-3(7-5)4(9)8-6/h2-3,7H,1,5-6H2,(H,8,9)/p+1. The van der Waals surface area contributed by atoms with Gasteiger partial charge >= 0.3 is 5.91 Å². The first-order valence-electron chi connectivity index (χ1n) is 2.43. The molecular weight excluding hydrogens is 120 g/mol. The summed E-state index contributed by atoms with van der Waals surface area (Å²) in [6.07, 6.45) is 1.38. The van der Waals surface area contributed by atoms with Crippen LogP contribution in [0.3, 0.4) is 0 Å². The van der Waals surface area contributed by atoms with Crippen molar-refractivity contribution in [2.75, 3.05) is 0 Å². The average molecular weight is 131 g/mol. The van der Waals surface area contributed by atoms with Gasteiger partial charge in [0, 0.05) is 0 Å². The van der Waals surface area contributed by atoms with Crippen molar-refractivity contribution >= 4 is 5.91 Å². The first-order chi connectivity index (χ1) is 4.26. The number of carbonyl (C=O) groups is 1. The largest absolute Gasteiger partial charge is 0.351 e. The molecule has 0 rings (SSSR count). The molecular formula is C4H11N4O+. The van der Waals surface area contributed by atoms with E-state index < -0.39 is 6.04 Å². The van der Waals surface area contributed by atoms with Gasteiger partial charge in [0.25, 0.3) is 0 Å². The summed E-state index contributed by atoms with van der Waals surface area (Å²) in [6, 6.07) is -0.560. The average Bonchev–Trinajstić information content (AvgIpc) is 1.90. The molecule has 1 amide bonds. The minimum Gasteiger partial charge on any atom is -0.270 e. The van der Waals surface area contributed by atoms with Crippen molar-refractivity contribution in [3.05, 3.63) is 12.7 Å².